The van der Waals surface area contributed by atoms with Gasteiger partial charge in [0.15, 0.2) is 0 Å². The summed E-state index contributed by atoms with van der Waals surface area (Å²) in [5.74, 6) is 0.957. The molecule has 2 N–H and O–H groups in total. The third-order valence-electron chi connectivity index (χ3n) is 4.96. The fourth-order valence-electron chi connectivity index (χ4n) is 3.97. The Balaban J connectivity index is 1.46. The van der Waals surface area contributed by atoms with Crippen LogP contribution in [-0.2, 0) is 0 Å². The van der Waals surface area contributed by atoms with Crippen molar-refractivity contribution in [2.75, 3.05) is 26.2 Å². The van der Waals surface area contributed by atoms with Gasteiger partial charge in [-0.05, 0) is 64.6 Å². The highest BCUT2D eigenvalue weighted by Gasteiger charge is 2.34. The molecule has 0 amide bonds. The molecule has 4 heterocycles. The molecule has 0 aromatic rings. The second kappa shape index (κ2) is 5.25. The number of nitrogens with zero attached hydrogens (tertiary/aromatic N) is 1. The van der Waals surface area contributed by atoms with Gasteiger partial charge in [-0.3, -0.25) is 0 Å². The van der Waals surface area contributed by atoms with Gasteiger partial charge in [0.2, 0.25) is 0 Å². The van der Waals surface area contributed by atoms with Crippen LogP contribution in [0.2, 0.25) is 0 Å². The van der Waals surface area contributed by atoms with Crippen LogP contribution in [0.4, 0.5) is 0 Å². The topological polar surface area (TPSA) is 27.3 Å². The van der Waals surface area contributed by atoms with Crippen molar-refractivity contribution in [2.45, 2.75) is 57.2 Å². The van der Waals surface area contributed by atoms with Crippen molar-refractivity contribution in [1.82, 2.24) is 15.5 Å². The van der Waals surface area contributed by atoms with Crippen LogP contribution in [0.25, 0.3) is 0 Å². The number of rotatable bonds is 4. The molecule has 3 heteroatoms. The van der Waals surface area contributed by atoms with Crippen LogP contribution in [-0.4, -0.2) is 49.2 Å². The monoisotopic (exact) mass is 237 g/mol. The van der Waals surface area contributed by atoms with E-state index in [2.05, 4.69) is 22.5 Å². The lowest BCUT2D eigenvalue weighted by atomic mass is 9.83. The van der Waals surface area contributed by atoms with E-state index in [4.69, 9.17) is 0 Å². The van der Waals surface area contributed by atoms with Crippen LogP contribution in [0.15, 0.2) is 0 Å². The Labute approximate surface area is 105 Å². The van der Waals surface area contributed by atoms with Gasteiger partial charge in [-0.25, -0.2) is 0 Å². The van der Waals surface area contributed by atoms with Crippen LogP contribution in [0.3, 0.4) is 0 Å². The summed E-state index contributed by atoms with van der Waals surface area (Å²) in [5, 5.41) is 7.50. The van der Waals surface area contributed by atoms with E-state index >= 15 is 0 Å². The van der Waals surface area contributed by atoms with Gasteiger partial charge < -0.3 is 15.5 Å². The summed E-state index contributed by atoms with van der Waals surface area (Å²) in [6.45, 7) is 7.60. The van der Waals surface area contributed by atoms with Crippen molar-refractivity contribution in [3.63, 3.8) is 0 Å². The van der Waals surface area contributed by atoms with Gasteiger partial charge in [-0.2, -0.15) is 0 Å². The SMILES string of the molecule is CC(CC1CCCN1)NC1CN2CCC1CC2. The molecule has 98 valence electrons. The summed E-state index contributed by atoms with van der Waals surface area (Å²) in [7, 11) is 0. The first-order valence-corrected chi connectivity index (χ1v) is 7.53. The summed E-state index contributed by atoms with van der Waals surface area (Å²) in [5.41, 5.74) is 0. The molecule has 2 bridgehead atoms. The van der Waals surface area contributed by atoms with Crippen molar-refractivity contribution < 1.29 is 0 Å². The van der Waals surface area contributed by atoms with Crippen molar-refractivity contribution in [3.05, 3.63) is 0 Å². The molecule has 4 saturated heterocycles. The maximum atomic E-state index is 3.90. The maximum absolute atomic E-state index is 3.90. The van der Waals surface area contributed by atoms with Crippen LogP contribution in [0.5, 0.6) is 0 Å². The average Bonchev–Trinajstić information content (AvgIpc) is 2.83. The molecule has 0 saturated carbocycles. The zero-order valence-corrected chi connectivity index (χ0v) is 11.1. The van der Waals surface area contributed by atoms with Gasteiger partial charge >= 0.3 is 0 Å². The van der Waals surface area contributed by atoms with Gasteiger partial charge in [-0.1, -0.05) is 0 Å². The Kier molecular flexibility index (Phi) is 3.69. The van der Waals surface area contributed by atoms with Gasteiger partial charge in [0.05, 0.1) is 0 Å². The van der Waals surface area contributed by atoms with Crippen LogP contribution < -0.4 is 10.6 Å². The first-order valence-electron chi connectivity index (χ1n) is 7.53. The molecular formula is C14H27N3. The molecule has 0 spiro atoms. The number of nitrogens with one attached hydrogen (secondary N) is 2. The summed E-state index contributed by atoms with van der Waals surface area (Å²) in [6, 6.07) is 2.23. The predicted molar refractivity (Wildman–Crippen MR) is 71.2 cm³/mol. The van der Waals surface area contributed by atoms with E-state index in [1.807, 2.05) is 0 Å². The van der Waals surface area contributed by atoms with Crippen LogP contribution in [0.1, 0.15) is 39.0 Å². The zero-order valence-electron chi connectivity index (χ0n) is 11.1. The lowest BCUT2D eigenvalue weighted by Crippen LogP contribution is -2.58. The normalized spacial score (nSPS) is 42.9. The van der Waals surface area contributed by atoms with Crippen molar-refractivity contribution >= 4 is 0 Å². The number of fused-ring (bicyclic) bond motifs is 3. The molecule has 17 heavy (non-hydrogen) atoms. The Morgan fingerprint density at radius 2 is 2.12 bits per heavy atom. The van der Waals surface area contributed by atoms with E-state index in [1.165, 1.54) is 58.3 Å². The van der Waals surface area contributed by atoms with Gasteiger partial charge in [-0.15, -0.1) is 0 Å². The highest BCUT2D eigenvalue weighted by Crippen LogP contribution is 2.28. The highest BCUT2D eigenvalue weighted by atomic mass is 15.2. The molecule has 3 nitrogen and oxygen atoms in total. The van der Waals surface area contributed by atoms with Crippen LogP contribution in [0, 0.1) is 5.92 Å². The second-order valence-corrected chi connectivity index (χ2v) is 6.34. The molecular weight excluding hydrogens is 210 g/mol. The van der Waals surface area contributed by atoms with E-state index in [9.17, 15) is 0 Å². The minimum Gasteiger partial charge on any atom is -0.314 e. The minimum absolute atomic E-state index is 0.677. The molecule has 0 aromatic carbocycles. The second-order valence-electron chi connectivity index (χ2n) is 6.34. The molecule has 0 aliphatic carbocycles. The lowest BCUT2D eigenvalue weighted by Gasteiger charge is -2.46. The Bertz CT molecular complexity index is 242. The Hall–Kier alpha value is -0.120. The molecule has 3 atom stereocenters. The molecule has 0 aromatic heterocycles. The zero-order chi connectivity index (χ0) is 11.7. The number of hydrogen-bond acceptors (Lipinski definition) is 3. The van der Waals surface area contributed by atoms with E-state index in [1.54, 1.807) is 0 Å². The van der Waals surface area contributed by atoms with E-state index in [0.29, 0.717) is 6.04 Å². The molecule has 0 radical (unpaired) electrons. The van der Waals surface area contributed by atoms with Crippen molar-refractivity contribution in [3.8, 4) is 0 Å². The summed E-state index contributed by atoms with van der Waals surface area (Å²) in [4.78, 5) is 2.64. The van der Waals surface area contributed by atoms with Crippen molar-refractivity contribution in [2.24, 2.45) is 5.92 Å². The van der Waals surface area contributed by atoms with Crippen molar-refractivity contribution in [1.29, 1.82) is 0 Å². The smallest absolute Gasteiger partial charge is 0.0226 e. The first-order chi connectivity index (χ1) is 8.31. The minimum atomic E-state index is 0.677. The molecule has 4 aliphatic rings. The number of hydrogen-bond donors (Lipinski definition) is 2. The summed E-state index contributed by atoms with van der Waals surface area (Å²) >= 11 is 0. The van der Waals surface area contributed by atoms with E-state index < -0.39 is 0 Å². The standard InChI is InChI=1S/C14H27N3/c1-11(9-13-3-2-6-15-13)16-14-10-17-7-4-12(14)5-8-17/h11-16H,2-10H2,1H3. The van der Waals surface area contributed by atoms with E-state index in [-0.39, 0.29) is 0 Å². The van der Waals surface area contributed by atoms with Crippen LogP contribution >= 0.6 is 0 Å². The fraction of sp³-hybridized carbons (Fsp3) is 1.00. The third-order valence-corrected chi connectivity index (χ3v) is 4.96. The van der Waals surface area contributed by atoms with Gasteiger partial charge in [0.1, 0.15) is 0 Å². The highest BCUT2D eigenvalue weighted by molar-refractivity contribution is 4.92. The van der Waals surface area contributed by atoms with E-state index in [0.717, 1.165) is 18.0 Å². The molecule has 3 unspecified atom stereocenters. The molecule has 4 fully saturated rings. The Morgan fingerprint density at radius 1 is 1.29 bits per heavy atom. The quantitative estimate of drug-likeness (QED) is 0.769. The molecule has 4 aliphatic heterocycles. The summed E-state index contributed by atoms with van der Waals surface area (Å²) < 4.78 is 0. The molecule has 4 rings (SSSR count). The first kappa shape index (κ1) is 11.9. The fourth-order valence-corrected chi connectivity index (χ4v) is 3.97. The van der Waals surface area contributed by atoms with Gasteiger partial charge in [0, 0.05) is 24.7 Å². The lowest BCUT2D eigenvalue weighted by molar-refractivity contribution is 0.0669. The van der Waals surface area contributed by atoms with Gasteiger partial charge in [0.25, 0.3) is 0 Å². The average molecular weight is 237 g/mol. The third kappa shape index (κ3) is 2.83. The largest absolute Gasteiger partial charge is 0.314 e. The number of piperidine rings is 3. The summed E-state index contributed by atoms with van der Waals surface area (Å²) in [6.07, 6.45) is 6.91. The maximum Gasteiger partial charge on any atom is 0.0226 e. The Morgan fingerprint density at radius 3 is 2.71 bits per heavy atom. The predicted octanol–water partition coefficient (Wildman–Crippen LogP) is 1.20.